The van der Waals surface area contributed by atoms with Crippen LogP contribution in [0.5, 0.6) is 0 Å². The zero-order valence-corrected chi connectivity index (χ0v) is 11.3. The first-order chi connectivity index (χ1) is 10.0. The van der Waals surface area contributed by atoms with Crippen molar-refractivity contribution in [2.24, 2.45) is 5.92 Å². The molecule has 1 saturated heterocycles. The largest absolute Gasteiger partial charge is 0.352 e. The van der Waals surface area contributed by atoms with E-state index in [0.29, 0.717) is 12.3 Å². The molecule has 2 N–H and O–H groups in total. The second-order valence-electron chi connectivity index (χ2n) is 5.10. The van der Waals surface area contributed by atoms with Crippen LogP contribution in [0.15, 0.2) is 6.07 Å². The topological polar surface area (TPSA) is 41.1 Å². The van der Waals surface area contributed by atoms with Gasteiger partial charge in [-0.25, -0.2) is 17.6 Å². The Bertz CT molecular complexity index is 504. The first kappa shape index (κ1) is 15.8. The van der Waals surface area contributed by atoms with E-state index in [9.17, 15) is 22.4 Å². The number of hydrogen-bond acceptors (Lipinski definition) is 2. The van der Waals surface area contributed by atoms with E-state index < -0.39 is 34.7 Å². The Morgan fingerprint density at radius 3 is 2.48 bits per heavy atom. The minimum Gasteiger partial charge on any atom is -0.352 e. The van der Waals surface area contributed by atoms with Gasteiger partial charge in [-0.1, -0.05) is 0 Å². The molecule has 1 aromatic rings. The molecule has 2 rings (SSSR count). The SMILES string of the molecule is O=C(NCCC1CCCNC1)c1c(F)c(F)cc(F)c1F. The monoisotopic (exact) mass is 304 g/mol. The molecule has 1 heterocycles. The van der Waals surface area contributed by atoms with Crippen molar-refractivity contribution in [3.8, 4) is 0 Å². The Morgan fingerprint density at radius 1 is 1.24 bits per heavy atom. The maximum Gasteiger partial charge on any atom is 0.257 e. The number of benzene rings is 1. The van der Waals surface area contributed by atoms with Gasteiger partial charge in [0.2, 0.25) is 0 Å². The van der Waals surface area contributed by atoms with E-state index in [1.165, 1.54) is 0 Å². The Kier molecular flexibility index (Phi) is 5.17. The average Bonchev–Trinajstić information content (AvgIpc) is 2.46. The van der Waals surface area contributed by atoms with Crippen molar-refractivity contribution >= 4 is 5.91 Å². The fourth-order valence-corrected chi connectivity index (χ4v) is 2.42. The predicted molar refractivity (Wildman–Crippen MR) is 68.8 cm³/mol. The highest BCUT2D eigenvalue weighted by molar-refractivity contribution is 5.94. The molecular weight excluding hydrogens is 288 g/mol. The van der Waals surface area contributed by atoms with Crippen LogP contribution < -0.4 is 10.6 Å². The van der Waals surface area contributed by atoms with Crippen molar-refractivity contribution in [3.63, 3.8) is 0 Å². The Balaban J connectivity index is 1.97. The number of amides is 1. The number of piperidine rings is 1. The first-order valence-corrected chi connectivity index (χ1v) is 6.82. The first-order valence-electron chi connectivity index (χ1n) is 6.82. The van der Waals surface area contributed by atoms with Gasteiger partial charge in [0.1, 0.15) is 5.56 Å². The third-order valence-electron chi connectivity index (χ3n) is 3.58. The Morgan fingerprint density at radius 2 is 1.90 bits per heavy atom. The van der Waals surface area contributed by atoms with Gasteiger partial charge in [0.25, 0.3) is 5.91 Å². The van der Waals surface area contributed by atoms with Gasteiger partial charge in [-0.3, -0.25) is 4.79 Å². The van der Waals surface area contributed by atoms with Crippen LogP contribution in [0.3, 0.4) is 0 Å². The number of carbonyl (C=O) groups is 1. The number of nitrogens with one attached hydrogen (secondary N) is 2. The third kappa shape index (κ3) is 3.72. The van der Waals surface area contributed by atoms with E-state index in [0.717, 1.165) is 25.9 Å². The van der Waals surface area contributed by atoms with Crippen LogP contribution >= 0.6 is 0 Å². The zero-order chi connectivity index (χ0) is 15.4. The second-order valence-corrected chi connectivity index (χ2v) is 5.10. The van der Waals surface area contributed by atoms with Crippen molar-refractivity contribution in [2.75, 3.05) is 19.6 Å². The summed E-state index contributed by atoms with van der Waals surface area (Å²) in [4.78, 5) is 11.7. The molecule has 1 aliphatic rings. The van der Waals surface area contributed by atoms with Gasteiger partial charge >= 0.3 is 0 Å². The highest BCUT2D eigenvalue weighted by atomic mass is 19.2. The summed E-state index contributed by atoms with van der Waals surface area (Å²) >= 11 is 0. The molecular formula is C14H16F4N2O. The number of halogens is 4. The van der Waals surface area contributed by atoms with Crippen LogP contribution in [-0.4, -0.2) is 25.5 Å². The van der Waals surface area contributed by atoms with Gasteiger partial charge < -0.3 is 10.6 Å². The summed E-state index contributed by atoms with van der Waals surface area (Å²) in [6, 6.07) is 0.0785. The highest BCUT2D eigenvalue weighted by Gasteiger charge is 2.24. The van der Waals surface area contributed by atoms with Gasteiger partial charge in [-0.2, -0.15) is 0 Å². The van der Waals surface area contributed by atoms with Gasteiger partial charge in [0.05, 0.1) is 0 Å². The summed E-state index contributed by atoms with van der Waals surface area (Å²) < 4.78 is 52.9. The maximum atomic E-state index is 13.4. The van der Waals surface area contributed by atoms with E-state index in [-0.39, 0.29) is 12.6 Å². The number of carbonyl (C=O) groups excluding carboxylic acids is 1. The molecule has 0 radical (unpaired) electrons. The maximum absolute atomic E-state index is 13.4. The minimum absolute atomic E-state index is 0.0785. The Hall–Kier alpha value is -1.63. The van der Waals surface area contributed by atoms with Gasteiger partial charge in [0, 0.05) is 12.6 Å². The molecule has 0 aromatic heterocycles. The predicted octanol–water partition coefficient (Wildman–Crippen LogP) is 2.36. The van der Waals surface area contributed by atoms with Gasteiger partial charge in [-0.05, 0) is 38.3 Å². The van der Waals surface area contributed by atoms with Crippen molar-refractivity contribution in [1.82, 2.24) is 10.6 Å². The molecule has 0 saturated carbocycles. The van der Waals surface area contributed by atoms with E-state index in [1.807, 2.05) is 0 Å². The second kappa shape index (κ2) is 6.89. The molecule has 0 bridgehead atoms. The summed E-state index contributed by atoms with van der Waals surface area (Å²) in [5, 5.41) is 5.51. The standard InChI is InChI=1S/C14H16F4N2O/c15-9-6-10(16)13(18)11(12(9)17)14(21)20-5-3-8-2-1-4-19-7-8/h6,8,19H,1-5,7H2,(H,20,21). The zero-order valence-electron chi connectivity index (χ0n) is 11.3. The summed E-state index contributed by atoms with van der Waals surface area (Å²) in [5.74, 6) is -7.30. The van der Waals surface area contributed by atoms with Crippen LogP contribution in [0.4, 0.5) is 17.6 Å². The van der Waals surface area contributed by atoms with E-state index >= 15 is 0 Å². The lowest BCUT2D eigenvalue weighted by Gasteiger charge is -2.22. The lowest BCUT2D eigenvalue weighted by atomic mass is 9.96. The molecule has 0 spiro atoms. The molecule has 1 aliphatic heterocycles. The van der Waals surface area contributed by atoms with Crippen LogP contribution in [0.2, 0.25) is 0 Å². The lowest BCUT2D eigenvalue weighted by molar-refractivity contribution is 0.0939. The third-order valence-corrected chi connectivity index (χ3v) is 3.58. The highest BCUT2D eigenvalue weighted by Crippen LogP contribution is 2.19. The summed E-state index contributed by atoms with van der Waals surface area (Å²) in [7, 11) is 0. The van der Waals surface area contributed by atoms with E-state index in [4.69, 9.17) is 0 Å². The fraction of sp³-hybridized carbons (Fsp3) is 0.500. The van der Waals surface area contributed by atoms with Crippen LogP contribution in [0.1, 0.15) is 29.6 Å². The smallest absolute Gasteiger partial charge is 0.257 e. The molecule has 1 amide bonds. The van der Waals surface area contributed by atoms with Crippen molar-refractivity contribution in [3.05, 3.63) is 34.9 Å². The van der Waals surface area contributed by atoms with Crippen LogP contribution in [0, 0.1) is 29.2 Å². The molecule has 1 unspecified atom stereocenters. The summed E-state index contributed by atoms with van der Waals surface area (Å²) in [5.41, 5.74) is -1.21. The van der Waals surface area contributed by atoms with Crippen molar-refractivity contribution < 1.29 is 22.4 Å². The van der Waals surface area contributed by atoms with E-state index in [1.54, 1.807) is 0 Å². The summed E-state index contributed by atoms with van der Waals surface area (Å²) in [6.45, 7) is 1.98. The molecule has 1 atom stereocenters. The molecule has 3 nitrogen and oxygen atoms in total. The molecule has 0 aliphatic carbocycles. The fourth-order valence-electron chi connectivity index (χ4n) is 2.42. The molecule has 1 fully saturated rings. The number of hydrogen-bond donors (Lipinski definition) is 2. The lowest BCUT2D eigenvalue weighted by Crippen LogP contribution is -2.33. The van der Waals surface area contributed by atoms with Gasteiger partial charge in [0.15, 0.2) is 23.3 Å². The van der Waals surface area contributed by atoms with Crippen LogP contribution in [-0.2, 0) is 0 Å². The molecule has 1 aromatic carbocycles. The molecule has 116 valence electrons. The molecule has 7 heteroatoms. The van der Waals surface area contributed by atoms with Crippen molar-refractivity contribution in [2.45, 2.75) is 19.3 Å². The minimum atomic E-state index is -1.68. The summed E-state index contributed by atoms with van der Waals surface area (Å²) in [6.07, 6.45) is 2.69. The van der Waals surface area contributed by atoms with Crippen molar-refractivity contribution in [1.29, 1.82) is 0 Å². The normalized spacial score (nSPS) is 18.6. The molecule has 21 heavy (non-hydrogen) atoms. The average molecular weight is 304 g/mol. The van der Waals surface area contributed by atoms with E-state index in [2.05, 4.69) is 10.6 Å². The Labute approximate surface area is 119 Å². The number of rotatable bonds is 4. The van der Waals surface area contributed by atoms with Gasteiger partial charge in [-0.15, -0.1) is 0 Å². The van der Waals surface area contributed by atoms with Crippen LogP contribution in [0.25, 0.3) is 0 Å². The quantitative estimate of drug-likeness (QED) is 0.662.